The summed E-state index contributed by atoms with van der Waals surface area (Å²) in [6, 6.07) is 12.1. The van der Waals surface area contributed by atoms with Crippen molar-refractivity contribution in [3.63, 3.8) is 0 Å². The van der Waals surface area contributed by atoms with Crippen LogP contribution in [-0.4, -0.2) is 5.91 Å². The lowest BCUT2D eigenvalue weighted by atomic mass is 10.0. The van der Waals surface area contributed by atoms with Crippen molar-refractivity contribution in [1.29, 1.82) is 0 Å². The van der Waals surface area contributed by atoms with Crippen LogP contribution in [0.25, 0.3) is 0 Å². The molecule has 0 aliphatic carbocycles. The predicted molar refractivity (Wildman–Crippen MR) is 82.9 cm³/mol. The molecule has 0 saturated carbocycles. The van der Waals surface area contributed by atoms with Crippen LogP contribution in [0, 0.1) is 12.7 Å². The molecule has 110 valence electrons. The van der Waals surface area contributed by atoms with Gasteiger partial charge in [0.05, 0.1) is 12.5 Å². The van der Waals surface area contributed by atoms with Crippen LogP contribution in [0.3, 0.4) is 0 Å². The average Bonchev–Trinajstić information content (AvgIpc) is 2.42. The summed E-state index contributed by atoms with van der Waals surface area (Å²) in [4.78, 5) is 12.0. The van der Waals surface area contributed by atoms with Gasteiger partial charge in [0, 0.05) is 5.02 Å². The van der Waals surface area contributed by atoms with E-state index in [2.05, 4.69) is 5.32 Å². The van der Waals surface area contributed by atoms with E-state index >= 15 is 0 Å². The fourth-order valence-electron chi connectivity index (χ4n) is 2.28. The highest BCUT2D eigenvalue weighted by Gasteiger charge is 2.13. The van der Waals surface area contributed by atoms with Gasteiger partial charge >= 0.3 is 0 Å². The summed E-state index contributed by atoms with van der Waals surface area (Å²) in [5, 5.41) is 3.21. The minimum atomic E-state index is -0.457. The third-order valence-electron chi connectivity index (χ3n) is 3.40. The van der Waals surface area contributed by atoms with Crippen LogP contribution in [0.5, 0.6) is 0 Å². The van der Waals surface area contributed by atoms with Crippen molar-refractivity contribution in [3.8, 4) is 0 Å². The van der Waals surface area contributed by atoms with Crippen molar-refractivity contribution >= 4 is 17.5 Å². The third kappa shape index (κ3) is 4.05. The molecule has 0 radical (unpaired) electrons. The quantitative estimate of drug-likeness (QED) is 0.901. The average molecular weight is 306 g/mol. The number of amides is 1. The topological polar surface area (TPSA) is 29.1 Å². The van der Waals surface area contributed by atoms with Crippen LogP contribution in [-0.2, 0) is 11.2 Å². The van der Waals surface area contributed by atoms with Crippen molar-refractivity contribution in [1.82, 2.24) is 5.32 Å². The van der Waals surface area contributed by atoms with Gasteiger partial charge < -0.3 is 5.32 Å². The molecule has 0 aliphatic rings. The molecule has 0 saturated heterocycles. The number of hydrogen-bond donors (Lipinski definition) is 1. The fourth-order valence-corrected chi connectivity index (χ4v) is 2.44. The Morgan fingerprint density at radius 3 is 2.67 bits per heavy atom. The summed E-state index contributed by atoms with van der Waals surface area (Å²) in [7, 11) is 0. The molecular weight excluding hydrogens is 289 g/mol. The molecule has 4 heteroatoms. The molecule has 2 aromatic carbocycles. The van der Waals surface area contributed by atoms with Gasteiger partial charge in [0.15, 0.2) is 0 Å². The monoisotopic (exact) mass is 305 g/mol. The van der Waals surface area contributed by atoms with Crippen molar-refractivity contribution in [3.05, 3.63) is 70.0 Å². The van der Waals surface area contributed by atoms with Gasteiger partial charge in [-0.2, -0.15) is 0 Å². The zero-order chi connectivity index (χ0) is 15.4. The van der Waals surface area contributed by atoms with Gasteiger partial charge in [-0.1, -0.05) is 41.9 Å². The molecule has 0 heterocycles. The molecule has 2 rings (SSSR count). The normalized spacial score (nSPS) is 12.0. The predicted octanol–water partition coefficient (Wildman–Crippen LogP) is 4.21. The number of nitrogens with one attached hydrogen (secondary N) is 1. The van der Waals surface area contributed by atoms with E-state index in [1.807, 2.05) is 38.1 Å². The summed E-state index contributed by atoms with van der Waals surface area (Å²) in [6.45, 7) is 3.91. The molecule has 21 heavy (non-hydrogen) atoms. The SMILES string of the molecule is Cc1ccccc1C(C)NC(=O)Cc1ccc(Cl)cc1F. The molecule has 0 spiro atoms. The number of hydrogen-bond acceptors (Lipinski definition) is 1. The van der Waals surface area contributed by atoms with Crippen LogP contribution in [0.15, 0.2) is 42.5 Å². The summed E-state index contributed by atoms with van der Waals surface area (Å²) in [6.07, 6.45) is -0.000770. The van der Waals surface area contributed by atoms with Crippen molar-refractivity contribution in [2.45, 2.75) is 26.3 Å². The minimum Gasteiger partial charge on any atom is -0.349 e. The van der Waals surface area contributed by atoms with Gasteiger partial charge in [-0.25, -0.2) is 4.39 Å². The van der Waals surface area contributed by atoms with E-state index in [9.17, 15) is 9.18 Å². The summed E-state index contributed by atoms with van der Waals surface area (Å²) in [5.74, 6) is -0.673. The third-order valence-corrected chi connectivity index (χ3v) is 3.63. The van der Waals surface area contributed by atoms with E-state index in [4.69, 9.17) is 11.6 Å². The largest absolute Gasteiger partial charge is 0.349 e. The molecule has 0 aromatic heterocycles. The standard InChI is InChI=1S/C17H17ClFNO/c1-11-5-3-4-6-15(11)12(2)20-17(21)9-13-7-8-14(18)10-16(13)19/h3-8,10,12H,9H2,1-2H3,(H,20,21). The van der Waals surface area contributed by atoms with Crippen molar-refractivity contribution in [2.75, 3.05) is 0 Å². The Hall–Kier alpha value is -1.87. The highest BCUT2D eigenvalue weighted by atomic mass is 35.5. The summed E-state index contributed by atoms with van der Waals surface area (Å²) < 4.78 is 13.7. The Morgan fingerprint density at radius 2 is 2.00 bits per heavy atom. The van der Waals surface area contributed by atoms with Gasteiger partial charge in [-0.3, -0.25) is 4.79 Å². The maximum absolute atomic E-state index is 13.7. The highest BCUT2D eigenvalue weighted by Crippen LogP contribution is 2.18. The maximum atomic E-state index is 13.7. The second kappa shape index (κ2) is 6.72. The smallest absolute Gasteiger partial charge is 0.225 e. The summed E-state index contributed by atoms with van der Waals surface area (Å²) in [5.41, 5.74) is 2.51. The van der Waals surface area contributed by atoms with Crippen LogP contribution >= 0.6 is 11.6 Å². The first-order valence-corrected chi connectivity index (χ1v) is 7.14. The highest BCUT2D eigenvalue weighted by molar-refractivity contribution is 6.30. The molecule has 1 unspecified atom stereocenters. The summed E-state index contributed by atoms with van der Waals surface area (Å²) >= 11 is 5.69. The molecule has 1 amide bonds. The van der Waals surface area contributed by atoms with E-state index in [0.717, 1.165) is 11.1 Å². The second-order valence-corrected chi connectivity index (χ2v) is 5.49. The molecular formula is C17H17ClFNO. The maximum Gasteiger partial charge on any atom is 0.225 e. The molecule has 0 aliphatic heterocycles. The van der Waals surface area contributed by atoms with Crippen LogP contribution in [0.4, 0.5) is 4.39 Å². The van der Waals surface area contributed by atoms with Crippen LogP contribution < -0.4 is 5.32 Å². The minimum absolute atomic E-state index is 0.000770. The second-order valence-electron chi connectivity index (χ2n) is 5.06. The van der Waals surface area contributed by atoms with Gasteiger partial charge in [-0.15, -0.1) is 0 Å². The Balaban J connectivity index is 2.03. The number of carbonyl (C=O) groups excluding carboxylic acids is 1. The number of carbonyl (C=O) groups is 1. The van der Waals surface area contributed by atoms with Crippen molar-refractivity contribution in [2.24, 2.45) is 0 Å². The first-order chi connectivity index (χ1) is 9.97. The van der Waals surface area contributed by atoms with Crippen molar-refractivity contribution < 1.29 is 9.18 Å². The molecule has 1 atom stereocenters. The van der Waals surface area contributed by atoms with Gasteiger partial charge in [0.25, 0.3) is 0 Å². The number of halogens is 2. The Labute approximate surface area is 128 Å². The van der Waals surface area contributed by atoms with Gasteiger partial charge in [0.2, 0.25) is 5.91 Å². The first-order valence-electron chi connectivity index (χ1n) is 6.76. The molecule has 1 N–H and O–H groups in total. The van der Waals surface area contributed by atoms with Gasteiger partial charge in [0.1, 0.15) is 5.82 Å². The van der Waals surface area contributed by atoms with Crippen LogP contribution in [0.2, 0.25) is 5.02 Å². The Morgan fingerprint density at radius 1 is 1.29 bits per heavy atom. The lowest BCUT2D eigenvalue weighted by Gasteiger charge is -2.16. The zero-order valence-electron chi connectivity index (χ0n) is 12.0. The Bertz CT molecular complexity index is 657. The molecule has 0 fully saturated rings. The van der Waals surface area contributed by atoms with E-state index < -0.39 is 5.82 Å². The lowest BCUT2D eigenvalue weighted by Crippen LogP contribution is -2.28. The molecule has 2 nitrogen and oxygen atoms in total. The lowest BCUT2D eigenvalue weighted by molar-refractivity contribution is -0.121. The van der Waals surface area contributed by atoms with Crippen LogP contribution in [0.1, 0.15) is 29.7 Å². The number of rotatable bonds is 4. The zero-order valence-corrected chi connectivity index (χ0v) is 12.7. The van der Waals surface area contributed by atoms with Gasteiger partial charge in [-0.05, 0) is 42.7 Å². The van der Waals surface area contributed by atoms with E-state index in [0.29, 0.717) is 10.6 Å². The molecule has 0 bridgehead atoms. The van der Waals surface area contributed by atoms with E-state index in [1.54, 1.807) is 6.07 Å². The number of aryl methyl sites for hydroxylation is 1. The molecule has 2 aromatic rings. The number of benzene rings is 2. The Kier molecular flexibility index (Phi) is 4.97. The van der Waals surface area contributed by atoms with E-state index in [1.165, 1.54) is 12.1 Å². The first kappa shape index (κ1) is 15.5. The fraction of sp³-hybridized carbons (Fsp3) is 0.235. The van der Waals surface area contributed by atoms with E-state index in [-0.39, 0.29) is 18.4 Å².